The van der Waals surface area contributed by atoms with Crippen LogP contribution in [-0.2, 0) is 0 Å². The predicted molar refractivity (Wildman–Crippen MR) is 26.8 cm³/mol. The molecular formula is C4H8N2O. The Labute approximate surface area is 42.5 Å². The molecule has 0 rings (SSSR count). The highest BCUT2D eigenvalue weighted by Crippen LogP contribution is 1.44. The van der Waals surface area contributed by atoms with Gasteiger partial charge in [-0.3, -0.25) is 0 Å². The van der Waals surface area contributed by atoms with Crippen LogP contribution < -0.4 is 11.1 Å². The van der Waals surface area contributed by atoms with Crippen molar-refractivity contribution in [1.82, 2.24) is 5.32 Å². The van der Waals surface area contributed by atoms with Gasteiger partial charge >= 0.3 is 0 Å². The van der Waals surface area contributed by atoms with Crippen LogP contribution in [0, 0.1) is 12.2 Å². The molecule has 7 heavy (non-hydrogen) atoms. The number of hydrogen-bond donors (Lipinski definition) is 3. The van der Waals surface area contributed by atoms with E-state index in [2.05, 4.69) is 11.4 Å². The summed E-state index contributed by atoms with van der Waals surface area (Å²) in [4.78, 5) is 0. The first-order valence-electron chi connectivity index (χ1n) is 1.99. The van der Waals surface area contributed by atoms with Gasteiger partial charge in [0.25, 0.3) is 0 Å². The van der Waals surface area contributed by atoms with Gasteiger partial charge in [0.1, 0.15) is 6.11 Å². The molecule has 0 aliphatic carbocycles. The van der Waals surface area contributed by atoms with Gasteiger partial charge in [-0.1, -0.05) is 0 Å². The van der Waals surface area contributed by atoms with Crippen LogP contribution in [0.15, 0.2) is 0 Å². The lowest BCUT2D eigenvalue weighted by Gasteiger charge is -1.87. The highest BCUT2D eigenvalue weighted by Gasteiger charge is 1.68. The van der Waals surface area contributed by atoms with Crippen LogP contribution in [0.1, 0.15) is 0 Å². The quantitative estimate of drug-likeness (QED) is 0.233. The van der Waals surface area contributed by atoms with E-state index in [1.807, 2.05) is 0 Å². The molecule has 0 radical (unpaired) electrons. The number of nitrogens with two attached hydrogens (primary N) is 1. The molecule has 0 aliphatic rings. The van der Waals surface area contributed by atoms with Crippen molar-refractivity contribution in [1.29, 1.82) is 0 Å². The molecule has 0 heterocycles. The molecule has 0 aromatic carbocycles. The molecule has 4 N–H and O–H groups in total. The van der Waals surface area contributed by atoms with Gasteiger partial charge in [-0.25, -0.2) is 0 Å². The number of rotatable bonds is 2. The lowest BCUT2D eigenvalue weighted by atomic mass is 10.7. The second kappa shape index (κ2) is 5.12. The van der Waals surface area contributed by atoms with E-state index < -0.39 is 0 Å². The highest BCUT2D eigenvalue weighted by molar-refractivity contribution is 4.85. The Morgan fingerprint density at radius 3 is 2.86 bits per heavy atom. The minimum Gasteiger partial charge on any atom is -0.461 e. The number of aliphatic hydroxyl groups is 1. The van der Waals surface area contributed by atoms with Crippen LogP contribution in [0.5, 0.6) is 0 Å². The van der Waals surface area contributed by atoms with Gasteiger partial charge in [0.2, 0.25) is 0 Å². The summed E-state index contributed by atoms with van der Waals surface area (Å²) >= 11 is 0. The first kappa shape index (κ1) is 6.12. The minimum absolute atomic E-state index is 0.536. The second-order valence-corrected chi connectivity index (χ2v) is 0.952. The van der Waals surface area contributed by atoms with Crippen LogP contribution in [-0.4, -0.2) is 18.2 Å². The molecule has 0 bridgehead atoms. The maximum absolute atomic E-state index is 7.83. The van der Waals surface area contributed by atoms with Crippen molar-refractivity contribution in [2.45, 2.75) is 0 Å². The van der Waals surface area contributed by atoms with Crippen molar-refractivity contribution in [2.75, 3.05) is 13.1 Å². The monoisotopic (exact) mass is 100 g/mol. The maximum Gasteiger partial charge on any atom is 0.131 e. The van der Waals surface area contributed by atoms with Gasteiger partial charge in [-0.05, 0) is 0 Å². The van der Waals surface area contributed by atoms with E-state index in [-0.39, 0.29) is 0 Å². The van der Waals surface area contributed by atoms with Crippen molar-refractivity contribution < 1.29 is 5.11 Å². The van der Waals surface area contributed by atoms with Crippen LogP contribution in [0.25, 0.3) is 0 Å². The fourth-order valence-electron chi connectivity index (χ4n) is 0.174. The standard InChI is InChI=1S/C4H8N2O/c5-1-2-6-3-4-7/h6-7H,1-2,5H2. The van der Waals surface area contributed by atoms with Crippen LogP contribution in [0.2, 0.25) is 0 Å². The van der Waals surface area contributed by atoms with E-state index in [1.165, 1.54) is 0 Å². The zero-order valence-corrected chi connectivity index (χ0v) is 3.94. The Kier molecular flexibility index (Phi) is 4.48. The van der Waals surface area contributed by atoms with Gasteiger partial charge in [0.15, 0.2) is 0 Å². The third kappa shape index (κ3) is 5.12. The maximum atomic E-state index is 7.83. The first-order valence-corrected chi connectivity index (χ1v) is 1.99. The molecule has 40 valence electrons. The molecule has 0 saturated heterocycles. The molecule has 0 aromatic rings. The Bertz CT molecular complexity index is 81.4. The van der Waals surface area contributed by atoms with Crippen LogP contribution in [0.4, 0.5) is 0 Å². The fourth-order valence-corrected chi connectivity index (χ4v) is 0.174. The fraction of sp³-hybridized carbons (Fsp3) is 0.500. The van der Waals surface area contributed by atoms with Gasteiger partial charge in [0, 0.05) is 19.1 Å². The lowest BCUT2D eigenvalue weighted by Crippen LogP contribution is -2.17. The second-order valence-electron chi connectivity index (χ2n) is 0.952. The Morgan fingerprint density at radius 2 is 2.43 bits per heavy atom. The molecule has 0 saturated carbocycles. The van der Waals surface area contributed by atoms with E-state index in [1.54, 1.807) is 6.11 Å². The normalized spacial score (nSPS) is 6.43. The van der Waals surface area contributed by atoms with Crippen molar-refractivity contribution in [3.8, 4) is 12.2 Å². The third-order valence-corrected chi connectivity index (χ3v) is 0.414. The van der Waals surface area contributed by atoms with Gasteiger partial charge < -0.3 is 16.2 Å². The summed E-state index contributed by atoms with van der Waals surface area (Å²) in [7, 11) is 0. The summed E-state index contributed by atoms with van der Waals surface area (Å²) in [5.74, 6) is 0. The zero-order valence-electron chi connectivity index (χ0n) is 3.94. The average molecular weight is 100 g/mol. The van der Waals surface area contributed by atoms with E-state index in [4.69, 9.17) is 10.8 Å². The number of hydrogen-bond acceptors (Lipinski definition) is 3. The average Bonchev–Trinajstić information content (AvgIpc) is 1.69. The van der Waals surface area contributed by atoms with Crippen LogP contribution in [0.3, 0.4) is 0 Å². The number of aliphatic hydroxyl groups excluding tert-OH is 1. The SMILES string of the molecule is NCCNC#CO. The predicted octanol–water partition coefficient (Wildman–Crippen LogP) is -1.17. The Balaban J connectivity index is 2.78. The minimum atomic E-state index is 0.536. The first-order chi connectivity index (χ1) is 3.41. The molecule has 0 spiro atoms. The summed E-state index contributed by atoms with van der Waals surface area (Å²) in [6.45, 7) is 1.16. The lowest BCUT2D eigenvalue weighted by molar-refractivity contribution is 0.515. The summed E-state index contributed by atoms with van der Waals surface area (Å²) in [6, 6.07) is 2.22. The van der Waals surface area contributed by atoms with Crippen LogP contribution >= 0.6 is 0 Å². The van der Waals surface area contributed by atoms with E-state index in [0.29, 0.717) is 13.1 Å². The van der Waals surface area contributed by atoms with Crippen molar-refractivity contribution in [3.05, 3.63) is 0 Å². The molecule has 3 heteroatoms. The molecule has 0 amide bonds. The molecule has 0 fully saturated rings. The van der Waals surface area contributed by atoms with E-state index in [9.17, 15) is 0 Å². The van der Waals surface area contributed by atoms with Crippen molar-refractivity contribution in [2.24, 2.45) is 5.73 Å². The Morgan fingerprint density at radius 1 is 1.71 bits per heavy atom. The highest BCUT2D eigenvalue weighted by atomic mass is 16.2. The molecule has 0 aromatic heterocycles. The van der Waals surface area contributed by atoms with Crippen molar-refractivity contribution >= 4 is 0 Å². The van der Waals surface area contributed by atoms with E-state index >= 15 is 0 Å². The molecular weight excluding hydrogens is 92.1 g/mol. The Hall–Kier alpha value is -0.880. The van der Waals surface area contributed by atoms with E-state index in [0.717, 1.165) is 0 Å². The third-order valence-electron chi connectivity index (χ3n) is 0.414. The summed E-state index contributed by atoms with van der Waals surface area (Å²) < 4.78 is 0. The zero-order chi connectivity index (χ0) is 5.54. The summed E-state index contributed by atoms with van der Waals surface area (Å²) in [5, 5.41) is 10.4. The van der Waals surface area contributed by atoms with Crippen molar-refractivity contribution in [3.63, 3.8) is 0 Å². The largest absolute Gasteiger partial charge is 0.461 e. The summed E-state index contributed by atoms with van der Waals surface area (Å²) in [5.41, 5.74) is 5.06. The molecule has 0 atom stereocenters. The van der Waals surface area contributed by atoms with Gasteiger partial charge in [0.05, 0.1) is 0 Å². The summed E-state index contributed by atoms with van der Waals surface area (Å²) in [6.07, 6.45) is 1.69. The smallest absolute Gasteiger partial charge is 0.131 e. The molecule has 0 unspecified atom stereocenters. The van der Waals surface area contributed by atoms with Gasteiger partial charge in [-0.2, -0.15) is 0 Å². The molecule has 3 nitrogen and oxygen atoms in total. The topological polar surface area (TPSA) is 58.3 Å². The van der Waals surface area contributed by atoms with Gasteiger partial charge in [-0.15, -0.1) is 0 Å². The molecule has 0 aliphatic heterocycles. The number of nitrogens with one attached hydrogen (secondary N) is 1.